The van der Waals surface area contributed by atoms with Gasteiger partial charge in [0, 0.05) is 18.3 Å². The van der Waals surface area contributed by atoms with E-state index >= 15 is 0 Å². The lowest BCUT2D eigenvalue weighted by atomic mass is 10.3. The van der Waals surface area contributed by atoms with Crippen LogP contribution in [0.4, 0.5) is 18.9 Å². The van der Waals surface area contributed by atoms with Gasteiger partial charge in [0.05, 0.1) is 0 Å². The van der Waals surface area contributed by atoms with Crippen LogP contribution in [0.1, 0.15) is 0 Å². The van der Waals surface area contributed by atoms with E-state index in [9.17, 15) is 21.6 Å². The topological polar surface area (TPSA) is 59.1 Å². The van der Waals surface area contributed by atoms with E-state index in [0.717, 1.165) is 12.3 Å². The molecule has 1 aromatic heterocycles. The van der Waals surface area contributed by atoms with Gasteiger partial charge in [-0.25, -0.2) is 26.6 Å². The summed E-state index contributed by atoms with van der Waals surface area (Å²) < 4.78 is 64.9. The number of benzene rings is 1. The van der Waals surface area contributed by atoms with Gasteiger partial charge in [0.1, 0.15) is 21.6 Å². The first-order valence-corrected chi connectivity index (χ1v) is 6.94. The van der Waals surface area contributed by atoms with Crippen molar-refractivity contribution in [3.05, 3.63) is 53.1 Å². The van der Waals surface area contributed by atoms with Crippen LogP contribution in [0.5, 0.6) is 0 Å². The summed E-state index contributed by atoms with van der Waals surface area (Å²) in [6.45, 7) is 0. The van der Waals surface area contributed by atoms with E-state index < -0.39 is 33.2 Å². The van der Waals surface area contributed by atoms with E-state index in [-0.39, 0.29) is 10.0 Å². The highest BCUT2D eigenvalue weighted by molar-refractivity contribution is 7.92. The number of anilines is 1. The lowest BCUT2D eigenvalue weighted by Gasteiger charge is -2.09. The highest BCUT2D eigenvalue weighted by Crippen LogP contribution is 2.23. The molecule has 0 spiro atoms. The third kappa shape index (κ3) is 3.02. The maximum atomic E-state index is 13.4. The molecule has 9 heteroatoms. The number of rotatable bonds is 3. The van der Waals surface area contributed by atoms with E-state index in [4.69, 9.17) is 11.6 Å². The Balaban J connectivity index is 2.41. The lowest BCUT2D eigenvalue weighted by Crippen LogP contribution is -2.15. The summed E-state index contributed by atoms with van der Waals surface area (Å²) in [4.78, 5) is 3.20. The Kier molecular flexibility index (Phi) is 3.87. The number of pyridine rings is 1. The molecule has 1 N–H and O–H groups in total. The molecule has 0 saturated carbocycles. The molecule has 0 unspecified atom stereocenters. The maximum absolute atomic E-state index is 13.4. The molecule has 4 nitrogen and oxygen atoms in total. The zero-order valence-electron chi connectivity index (χ0n) is 9.57. The number of nitrogens with zero attached hydrogens (tertiary/aromatic N) is 1. The van der Waals surface area contributed by atoms with E-state index in [1.807, 2.05) is 0 Å². The normalized spacial score (nSPS) is 11.4. The molecular formula is C11H6ClF3N2O2S. The Morgan fingerprint density at radius 3 is 2.20 bits per heavy atom. The fourth-order valence-corrected chi connectivity index (χ4v) is 2.49. The first-order chi connectivity index (χ1) is 9.29. The molecule has 0 bridgehead atoms. The minimum Gasteiger partial charge on any atom is -0.274 e. The molecule has 0 aliphatic rings. The Morgan fingerprint density at radius 2 is 1.70 bits per heavy atom. The molecule has 0 aliphatic heterocycles. The van der Waals surface area contributed by atoms with Crippen LogP contribution in [0.3, 0.4) is 0 Å². The molecule has 0 atom stereocenters. The van der Waals surface area contributed by atoms with Crippen LogP contribution in [0, 0.1) is 17.5 Å². The minimum absolute atomic E-state index is 0.0584. The van der Waals surface area contributed by atoms with Crippen molar-refractivity contribution >= 4 is 27.3 Å². The predicted molar refractivity (Wildman–Crippen MR) is 66.4 cm³/mol. The summed E-state index contributed by atoms with van der Waals surface area (Å²) in [5, 5.41) is 0.0584. The van der Waals surface area contributed by atoms with E-state index in [1.165, 1.54) is 6.07 Å². The summed E-state index contributed by atoms with van der Waals surface area (Å²) in [6, 6.07) is 3.03. The van der Waals surface area contributed by atoms with E-state index in [1.54, 1.807) is 4.72 Å². The van der Waals surface area contributed by atoms with Crippen LogP contribution in [0.25, 0.3) is 0 Å². The highest BCUT2D eigenvalue weighted by Gasteiger charge is 2.20. The molecule has 20 heavy (non-hydrogen) atoms. The summed E-state index contributed by atoms with van der Waals surface area (Å²) in [5.41, 5.74) is -0.971. The van der Waals surface area contributed by atoms with E-state index in [2.05, 4.69) is 4.98 Å². The van der Waals surface area contributed by atoms with Gasteiger partial charge in [0.15, 0.2) is 11.6 Å². The summed E-state index contributed by atoms with van der Waals surface area (Å²) >= 11 is 5.50. The van der Waals surface area contributed by atoms with Crippen molar-refractivity contribution < 1.29 is 21.6 Å². The van der Waals surface area contributed by atoms with Crippen molar-refractivity contribution in [2.45, 2.75) is 4.90 Å². The maximum Gasteiger partial charge on any atom is 0.263 e. The SMILES string of the molecule is O=S(=O)(Nc1c(F)cc(F)cc1F)c1ccc(Cl)nc1. The van der Waals surface area contributed by atoms with E-state index in [0.29, 0.717) is 12.1 Å². The Bertz CT molecular complexity index is 728. The molecule has 0 fully saturated rings. The van der Waals surface area contributed by atoms with Crippen LogP contribution < -0.4 is 4.72 Å². The van der Waals surface area contributed by atoms with Crippen molar-refractivity contribution in [1.82, 2.24) is 4.98 Å². The summed E-state index contributed by atoms with van der Waals surface area (Å²) in [5.74, 6) is -3.89. The molecule has 2 aromatic rings. The van der Waals surface area contributed by atoms with Crippen LogP contribution in [-0.4, -0.2) is 13.4 Å². The zero-order valence-corrected chi connectivity index (χ0v) is 11.1. The van der Waals surface area contributed by atoms with Crippen LogP contribution in [0.2, 0.25) is 5.15 Å². The molecule has 1 aromatic carbocycles. The first kappa shape index (κ1) is 14.6. The fraction of sp³-hybridized carbons (Fsp3) is 0. The predicted octanol–water partition coefficient (Wildman–Crippen LogP) is 2.95. The van der Waals surface area contributed by atoms with Gasteiger partial charge in [-0.2, -0.15) is 0 Å². The van der Waals surface area contributed by atoms with Crippen molar-refractivity contribution in [3.8, 4) is 0 Å². The Hall–Kier alpha value is -1.80. The lowest BCUT2D eigenvalue weighted by molar-refractivity contribution is 0.547. The minimum atomic E-state index is -4.26. The third-order valence-corrected chi connectivity index (χ3v) is 3.81. The number of aromatic nitrogens is 1. The van der Waals surface area contributed by atoms with Gasteiger partial charge in [-0.3, -0.25) is 4.72 Å². The number of hydrogen-bond acceptors (Lipinski definition) is 3. The summed E-state index contributed by atoms with van der Waals surface area (Å²) in [7, 11) is -4.26. The van der Waals surface area contributed by atoms with Gasteiger partial charge in [0.25, 0.3) is 10.0 Å². The monoisotopic (exact) mass is 322 g/mol. The van der Waals surface area contributed by atoms with Crippen LogP contribution >= 0.6 is 11.6 Å². The average molecular weight is 323 g/mol. The Labute approximate surface area is 117 Å². The quantitative estimate of drug-likeness (QED) is 0.884. The largest absolute Gasteiger partial charge is 0.274 e. The van der Waals surface area contributed by atoms with Gasteiger partial charge < -0.3 is 0 Å². The molecule has 1 heterocycles. The van der Waals surface area contributed by atoms with Gasteiger partial charge in [-0.1, -0.05) is 11.6 Å². The highest BCUT2D eigenvalue weighted by atomic mass is 35.5. The molecular weight excluding hydrogens is 317 g/mol. The van der Waals surface area contributed by atoms with Crippen molar-refractivity contribution in [2.24, 2.45) is 0 Å². The second-order valence-electron chi connectivity index (χ2n) is 3.67. The van der Waals surface area contributed by atoms with Crippen molar-refractivity contribution in [1.29, 1.82) is 0 Å². The molecule has 2 rings (SSSR count). The van der Waals surface area contributed by atoms with Gasteiger partial charge >= 0.3 is 0 Å². The van der Waals surface area contributed by atoms with Crippen LogP contribution in [-0.2, 0) is 10.0 Å². The number of sulfonamides is 1. The second kappa shape index (κ2) is 5.29. The van der Waals surface area contributed by atoms with Crippen molar-refractivity contribution in [2.75, 3.05) is 4.72 Å². The third-order valence-electron chi connectivity index (χ3n) is 2.25. The number of hydrogen-bond donors (Lipinski definition) is 1. The molecule has 0 radical (unpaired) electrons. The average Bonchev–Trinajstić information content (AvgIpc) is 2.34. The molecule has 0 saturated heterocycles. The van der Waals surface area contributed by atoms with Crippen molar-refractivity contribution in [3.63, 3.8) is 0 Å². The van der Waals surface area contributed by atoms with Gasteiger partial charge in [0.2, 0.25) is 0 Å². The number of nitrogens with one attached hydrogen (secondary N) is 1. The smallest absolute Gasteiger partial charge is 0.263 e. The molecule has 0 aliphatic carbocycles. The van der Waals surface area contributed by atoms with Gasteiger partial charge in [-0.05, 0) is 12.1 Å². The zero-order chi connectivity index (χ0) is 14.9. The first-order valence-electron chi connectivity index (χ1n) is 5.08. The fourth-order valence-electron chi connectivity index (χ4n) is 1.35. The second-order valence-corrected chi connectivity index (χ2v) is 5.74. The van der Waals surface area contributed by atoms with Crippen LogP contribution in [0.15, 0.2) is 35.4 Å². The number of halogens is 4. The molecule has 106 valence electrons. The standard InChI is InChI=1S/C11H6ClF3N2O2S/c12-10-2-1-7(5-16-10)20(18,19)17-11-8(14)3-6(13)4-9(11)15/h1-5,17H. The van der Waals surface area contributed by atoms with Gasteiger partial charge in [-0.15, -0.1) is 0 Å². The molecule has 0 amide bonds. The Morgan fingerprint density at radius 1 is 1.10 bits per heavy atom. The summed E-state index contributed by atoms with van der Waals surface area (Å²) in [6.07, 6.45) is 0.921.